The molecule has 0 aliphatic rings. The van der Waals surface area contributed by atoms with E-state index < -0.39 is 13.8 Å². The summed E-state index contributed by atoms with van der Waals surface area (Å²) in [4.78, 5) is 17.4. The fraction of sp³-hybridized carbons (Fsp3) is 1.00. The average molecular weight is 123 g/mol. The van der Waals surface area contributed by atoms with Crippen molar-refractivity contribution < 1.29 is 9.46 Å². The van der Waals surface area contributed by atoms with Crippen LogP contribution in [0.25, 0.3) is 0 Å². The van der Waals surface area contributed by atoms with Crippen LogP contribution in [0.5, 0.6) is 0 Å². The van der Waals surface area contributed by atoms with Crippen molar-refractivity contribution in [2.75, 3.05) is 0 Å². The van der Waals surface area contributed by atoms with Gasteiger partial charge in [0.15, 0.2) is 5.78 Å². The van der Waals surface area contributed by atoms with E-state index in [0.717, 1.165) is 0 Å². The van der Waals surface area contributed by atoms with E-state index in [1.807, 2.05) is 0 Å². The third-order valence-electron chi connectivity index (χ3n) is 0.516. The maximum atomic E-state index is 9.82. The first-order valence-corrected chi connectivity index (χ1v) is 3.17. The normalized spacial score (nSPS) is 18.0. The Labute approximate surface area is 41.4 Å². The predicted octanol–water partition coefficient (Wildman–Crippen LogP) is 0.566. The molecule has 0 heterocycles. The summed E-state index contributed by atoms with van der Waals surface area (Å²) < 4.78 is 9.82. The first-order chi connectivity index (χ1) is 3.18. The first kappa shape index (κ1) is 6.79. The van der Waals surface area contributed by atoms with E-state index in [-0.39, 0.29) is 0 Å². The molecule has 1 N–H and O–H groups in total. The highest BCUT2D eigenvalue weighted by atomic mass is 31.1. The van der Waals surface area contributed by atoms with E-state index in [1.165, 1.54) is 6.92 Å². The Bertz CT molecular complexity index is 92.9. The van der Waals surface area contributed by atoms with Crippen LogP contribution in [0.2, 0.25) is 0 Å². The zero-order valence-corrected chi connectivity index (χ0v) is 4.79. The topological polar surface area (TPSA) is 66.7 Å². The van der Waals surface area contributed by atoms with Gasteiger partial charge in [-0.3, -0.25) is 4.57 Å². The monoisotopic (exact) mass is 123 g/mol. The maximum absolute atomic E-state index is 9.82. The molecule has 0 saturated carbocycles. The summed E-state index contributed by atoms with van der Waals surface area (Å²) in [6.45, 7) is 1.30. The molecule has 0 amide bonds. The van der Waals surface area contributed by atoms with Crippen molar-refractivity contribution in [2.45, 2.75) is 12.7 Å². The van der Waals surface area contributed by atoms with Gasteiger partial charge in [-0.1, -0.05) is 5.18 Å². The maximum Gasteiger partial charge on any atom is 0.216 e. The third kappa shape index (κ3) is 2.48. The fourth-order valence-corrected chi connectivity index (χ4v) is 0.135. The quantitative estimate of drug-likeness (QED) is 0.431. The molecule has 2 atom stereocenters. The molecule has 0 fully saturated rings. The van der Waals surface area contributed by atoms with Gasteiger partial charge in [0.25, 0.3) is 0 Å². The molecule has 0 saturated heterocycles. The molecule has 0 aliphatic heterocycles. The second kappa shape index (κ2) is 2.88. The minimum atomic E-state index is -2.69. The van der Waals surface area contributed by atoms with E-state index in [0.29, 0.717) is 0 Å². The zero-order chi connectivity index (χ0) is 5.86. The van der Waals surface area contributed by atoms with Gasteiger partial charge in [-0.15, -0.1) is 4.91 Å². The van der Waals surface area contributed by atoms with Crippen molar-refractivity contribution in [2.24, 2.45) is 5.18 Å². The van der Waals surface area contributed by atoms with Crippen LogP contribution in [0.1, 0.15) is 6.92 Å². The minimum absolute atomic E-state index is 0.926. The Morgan fingerprint density at radius 2 is 2.29 bits per heavy atom. The smallest absolute Gasteiger partial charge is 0.216 e. The number of nitrogens with zero attached hydrogens (tertiary/aromatic N) is 1. The molecular formula is C2H6NO3P. The number of nitroso groups, excluding NO2 is 1. The van der Waals surface area contributed by atoms with Crippen molar-refractivity contribution in [3.05, 3.63) is 4.91 Å². The second-order valence-electron chi connectivity index (χ2n) is 1.12. The number of hydrogen-bond acceptors (Lipinski definition) is 3. The molecule has 5 heteroatoms. The zero-order valence-electron chi connectivity index (χ0n) is 3.79. The summed E-state index contributed by atoms with van der Waals surface area (Å²) in [5.74, 6) is -0.926. The van der Waals surface area contributed by atoms with Gasteiger partial charge in [0.1, 0.15) is 0 Å². The first-order valence-electron chi connectivity index (χ1n) is 1.73. The van der Waals surface area contributed by atoms with Crippen molar-refractivity contribution in [1.29, 1.82) is 0 Å². The Kier molecular flexibility index (Phi) is 2.79. The molecule has 2 unspecified atom stereocenters. The van der Waals surface area contributed by atoms with Crippen LogP contribution in [0.15, 0.2) is 5.18 Å². The standard InChI is InChI=1S/C2H6NO3P/c1-2(3-4)7(5)6/h2,7H,1H3,(H,5,6). The third-order valence-corrected chi connectivity index (χ3v) is 1.34. The van der Waals surface area contributed by atoms with Crippen molar-refractivity contribution in [3.8, 4) is 0 Å². The van der Waals surface area contributed by atoms with E-state index in [9.17, 15) is 9.47 Å². The molecule has 42 valence electrons. The van der Waals surface area contributed by atoms with Crippen LogP contribution in [0.3, 0.4) is 0 Å². The lowest BCUT2D eigenvalue weighted by molar-refractivity contribution is 0.493. The van der Waals surface area contributed by atoms with E-state index >= 15 is 0 Å². The largest absolute Gasteiger partial charge is 0.345 e. The van der Waals surface area contributed by atoms with Gasteiger partial charge in [0, 0.05) is 0 Å². The van der Waals surface area contributed by atoms with Gasteiger partial charge < -0.3 is 4.89 Å². The van der Waals surface area contributed by atoms with Gasteiger partial charge in [-0.2, -0.15) is 0 Å². The van der Waals surface area contributed by atoms with Gasteiger partial charge in [-0.25, -0.2) is 0 Å². The molecule has 0 rings (SSSR count). The molecule has 0 bridgehead atoms. The van der Waals surface area contributed by atoms with Crippen molar-refractivity contribution in [1.82, 2.24) is 0 Å². The van der Waals surface area contributed by atoms with Crippen molar-refractivity contribution >= 4 is 8.03 Å². The predicted molar refractivity (Wildman–Crippen MR) is 26.5 cm³/mol. The lowest BCUT2D eigenvalue weighted by Gasteiger charge is -1.89. The van der Waals surface area contributed by atoms with Crippen LogP contribution in [-0.2, 0) is 4.57 Å². The van der Waals surface area contributed by atoms with Gasteiger partial charge in [-0.05, 0) is 6.92 Å². The van der Waals surface area contributed by atoms with Gasteiger partial charge >= 0.3 is 0 Å². The summed E-state index contributed by atoms with van der Waals surface area (Å²) in [6, 6.07) is 0. The molecule has 0 aliphatic carbocycles. The molecule has 4 nitrogen and oxygen atoms in total. The summed E-state index contributed by atoms with van der Waals surface area (Å²) in [5.41, 5.74) is 0. The Morgan fingerprint density at radius 1 is 1.86 bits per heavy atom. The summed E-state index contributed by atoms with van der Waals surface area (Å²) >= 11 is 0. The van der Waals surface area contributed by atoms with Gasteiger partial charge in [0.2, 0.25) is 8.03 Å². The number of rotatable bonds is 2. The summed E-state index contributed by atoms with van der Waals surface area (Å²) in [7, 11) is -2.69. The highest BCUT2D eigenvalue weighted by molar-refractivity contribution is 7.38. The molecule has 0 spiro atoms. The van der Waals surface area contributed by atoms with E-state index in [4.69, 9.17) is 4.89 Å². The van der Waals surface area contributed by atoms with Crippen LogP contribution in [0, 0.1) is 4.91 Å². The van der Waals surface area contributed by atoms with Crippen LogP contribution in [0.4, 0.5) is 0 Å². The summed E-state index contributed by atoms with van der Waals surface area (Å²) in [6.07, 6.45) is 0. The number of hydrogen-bond donors (Lipinski definition) is 1. The molecule has 0 aromatic carbocycles. The molecule has 0 aromatic heterocycles. The fourth-order valence-electron chi connectivity index (χ4n) is 0.0451. The summed E-state index contributed by atoms with van der Waals surface area (Å²) in [5, 5.41) is 2.32. The van der Waals surface area contributed by atoms with Crippen molar-refractivity contribution in [3.63, 3.8) is 0 Å². The van der Waals surface area contributed by atoms with Gasteiger partial charge in [0.05, 0.1) is 0 Å². The van der Waals surface area contributed by atoms with Crippen LogP contribution < -0.4 is 0 Å². The highest BCUT2D eigenvalue weighted by Gasteiger charge is 2.03. The lowest BCUT2D eigenvalue weighted by Crippen LogP contribution is -1.84. The minimum Gasteiger partial charge on any atom is -0.345 e. The Balaban J connectivity index is 3.55. The molecule has 0 radical (unpaired) electrons. The lowest BCUT2D eigenvalue weighted by atomic mass is 10.8. The second-order valence-corrected chi connectivity index (χ2v) is 2.63. The molecule has 7 heavy (non-hydrogen) atoms. The highest BCUT2D eigenvalue weighted by Crippen LogP contribution is 2.21. The average Bonchev–Trinajstić information content (AvgIpc) is 1.65. The Morgan fingerprint density at radius 3 is 2.29 bits per heavy atom. The SMILES string of the molecule is CC(N=O)[PH](=O)O. The Hall–Kier alpha value is -0.210. The van der Waals surface area contributed by atoms with Crippen LogP contribution in [-0.4, -0.2) is 10.7 Å². The van der Waals surface area contributed by atoms with Crippen LogP contribution >= 0.6 is 8.03 Å². The molecule has 0 aromatic rings. The van der Waals surface area contributed by atoms with E-state index in [1.54, 1.807) is 0 Å². The molecular weight excluding hydrogens is 117 g/mol. The van der Waals surface area contributed by atoms with E-state index in [2.05, 4.69) is 5.18 Å².